The third-order valence-electron chi connectivity index (χ3n) is 2.63. The molecule has 5 nitrogen and oxygen atoms in total. The smallest absolute Gasteiger partial charge is 0.252 e. The van der Waals surface area contributed by atoms with Crippen molar-refractivity contribution < 1.29 is 8.78 Å². The third-order valence-corrected chi connectivity index (χ3v) is 2.63. The van der Waals surface area contributed by atoms with Crippen LogP contribution in [0.25, 0.3) is 0 Å². The molecule has 1 fully saturated rings. The van der Waals surface area contributed by atoms with Crippen molar-refractivity contribution >= 4 is 11.9 Å². The predicted molar refractivity (Wildman–Crippen MR) is 72.2 cm³/mol. The minimum Gasteiger partial charge on any atom is -0.368 e. The second-order valence-corrected chi connectivity index (χ2v) is 5.95. The monoisotopic (exact) mass is 281 g/mol. The molecule has 108 valence electrons. The van der Waals surface area contributed by atoms with Gasteiger partial charge in [-0.1, -0.05) is 5.92 Å². The Morgan fingerprint density at radius 2 is 1.90 bits per heavy atom. The number of hydrogen-bond donors (Lipinski definition) is 2. The second-order valence-electron chi connectivity index (χ2n) is 5.95. The van der Waals surface area contributed by atoms with Crippen molar-refractivity contribution in [3.8, 4) is 11.8 Å². The van der Waals surface area contributed by atoms with Gasteiger partial charge in [0.1, 0.15) is 0 Å². The Labute approximate surface area is 116 Å². The number of alkyl halides is 2. The number of nitrogen functional groups attached to an aromatic ring is 1. The summed E-state index contributed by atoms with van der Waals surface area (Å²) in [6.45, 7) is 5.88. The van der Waals surface area contributed by atoms with Crippen molar-refractivity contribution in [3.63, 3.8) is 0 Å². The molecule has 0 unspecified atom stereocenters. The van der Waals surface area contributed by atoms with Crippen LogP contribution in [0, 0.1) is 17.3 Å². The van der Waals surface area contributed by atoms with E-state index in [1.165, 1.54) is 0 Å². The molecule has 0 amide bonds. The number of anilines is 2. The van der Waals surface area contributed by atoms with Gasteiger partial charge in [0, 0.05) is 24.3 Å². The van der Waals surface area contributed by atoms with Crippen LogP contribution in [0.1, 0.15) is 39.4 Å². The van der Waals surface area contributed by atoms with Crippen LogP contribution in [0.4, 0.5) is 20.7 Å². The first kappa shape index (κ1) is 14.4. The van der Waals surface area contributed by atoms with E-state index in [-0.39, 0.29) is 42.0 Å². The number of nitrogens with one attached hydrogen (secondary N) is 1. The summed E-state index contributed by atoms with van der Waals surface area (Å²) in [6.07, 6.45) is -0.441. The Hall–Kier alpha value is -1.97. The first-order valence-corrected chi connectivity index (χ1v) is 6.32. The van der Waals surface area contributed by atoms with Gasteiger partial charge >= 0.3 is 0 Å². The maximum absolute atomic E-state index is 12.8. The van der Waals surface area contributed by atoms with Crippen LogP contribution >= 0.6 is 0 Å². The lowest BCUT2D eigenvalue weighted by molar-refractivity contribution is -0.0794. The molecule has 0 aromatic carbocycles. The van der Waals surface area contributed by atoms with Gasteiger partial charge in [-0.2, -0.15) is 15.0 Å². The topological polar surface area (TPSA) is 76.7 Å². The Bertz CT molecular complexity index is 560. The van der Waals surface area contributed by atoms with Gasteiger partial charge in [-0.25, -0.2) is 8.78 Å². The molecule has 0 atom stereocenters. The van der Waals surface area contributed by atoms with Gasteiger partial charge in [0.25, 0.3) is 5.92 Å². The fraction of sp³-hybridized carbons (Fsp3) is 0.615. The molecule has 7 heteroatoms. The van der Waals surface area contributed by atoms with Gasteiger partial charge in [-0.3, -0.25) is 0 Å². The summed E-state index contributed by atoms with van der Waals surface area (Å²) < 4.78 is 25.5. The van der Waals surface area contributed by atoms with E-state index in [2.05, 4.69) is 32.1 Å². The Morgan fingerprint density at radius 3 is 2.45 bits per heavy atom. The zero-order valence-electron chi connectivity index (χ0n) is 11.7. The quantitative estimate of drug-likeness (QED) is 0.811. The molecular formula is C13H17F2N5. The summed E-state index contributed by atoms with van der Waals surface area (Å²) in [4.78, 5) is 11.9. The summed E-state index contributed by atoms with van der Waals surface area (Å²) in [6, 6.07) is -0.338. The fourth-order valence-corrected chi connectivity index (χ4v) is 1.70. The number of hydrogen-bond acceptors (Lipinski definition) is 5. The van der Waals surface area contributed by atoms with E-state index in [1.807, 2.05) is 20.8 Å². The van der Waals surface area contributed by atoms with Crippen molar-refractivity contribution in [1.82, 2.24) is 15.0 Å². The molecule has 1 aromatic heterocycles. The highest BCUT2D eigenvalue weighted by molar-refractivity contribution is 5.37. The molecule has 1 heterocycles. The minimum atomic E-state index is -2.59. The van der Waals surface area contributed by atoms with Crippen LogP contribution in [0.2, 0.25) is 0 Å². The Morgan fingerprint density at radius 1 is 1.25 bits per heavy atom. The van der Waals surface area contributed by atoms with E-state index < -0.39 is 5.92 Å². The lowest BCUT2D eigenvalue weighted by atomic mass is 9.88. The zero-order chi connectivity index (χ0) is 15.0. The summed E-state index contributed by atoms with van der Waals surface area (Å²) in [7, 11) is 0. The SMILES string of the molecule is CC(C)(C)C#Cc1nc(N)nc(NC2CC(F)(F)C2)n1. The number of halogens is 2. The molecule has 0 aliphatic heterocycles. The van der Waals surface area contributed by atoms with Crippen LogP contribution in [-0.2, 0) is 0 Å². The van der Waals surface area contributed by atoms with E-state index in [0.29, 0.717) is 0 Å². The van der Waals surface area contributed by atoms with E-state index in [1.54, 1.807) is 0 Å². The molecule has 1 aliphatic carbocycles. The maximum atomic E-state index is 12.8. The molecule has 0 radical (unpaired) electrons. The largest absolute Gasteiger partial charge is 0.368 e. The lowest BCUT2D eigenvalue weighted by Crippen LogP contribution is -2.44. The van der Waals surface area contributed by atoms with Gasteiger partial charge in [-0.15, -0.1) is 0 Å². The molecule has 1 aliphatic rings. The molecule has 1 saturated carbocycles. The van der Waals surface area contributed by atoms with Crippen LogP contribution in [0.5, 0.6) is 0 Å². The molecule has 3 N–H and O–H groups in total. The third kappa shape index (κ3) is 4.02. The summed E-state index contributed by atoms with van der Waals surface area (Å²) in [5, 5.41) is 2.82. The molecule has 1 aromatic rings. The molecule has 0 spiro atoms. The van der Waals surface area contributed by atoms with Gasteiger partial charge in [0.2, 0.25) is 17.7 Å². The summed E-state index contributed by atoms with van der Waals surface area (Å²) in [5.74, 6) is 3.65. The van der Waals surface area contributed by atoms with Gasteiger partial charge in [0.05, 0.1) is 0 Å². The number of aromatic nitrogens is 3. The highest BCUT2D eigenvalue weighted by atomic mass is 19.3. The van der Waals surface area contributed by atoms with Gasteiger partial charge < -0.3 is 11.1 Å². The van der Waals surface area contributed by atoms with Crippen molar-refractivity contribution in [2.45, 2.75) is 45.6 Å². The lowest BCUT2D eigenvalue weighted by Gasteiger charge is -2.35. The highest BCUT2D eigenvalue weighted by Crippen LogP contribution is 2.38. The predicted octanol–water partition coefficient (Wildman–Crippen LogP) is 2.06. The zero-order valence-corrected chi connectivity index (χ0v) is 11.7. The summed E-state index contributed by atoms with van der Waals surface area (Å²) in [5.41, 5.74) is 5.38. The molecule has 20 heavy (non-hydrogen) atoms. The van der Waals surface area contributed by atoms with Crippen molar-refractivity contribution in [3.05, 3.63) is 5.82 Å². The Balaban J connectivity index is 2.11. The Kier molecular flexibility index (Phi) is 3.50. The van der Waals surface area contributed by atoms with E-state index in [4.69, 9.17) is 5.73 Å². The first-order valence-electron chi connectivity index (χ1n) is 6.32. The minimum absolute atomic E-state index is 0.0202. The normalized spacial score (nSPS) is 17.9. The van der Waals surface area contributed by atoms with Crippen LogP contribution < -0.4 is 11.1 Å². The average molecular weight is 281 g/mol. The van der Waals surface area contributed by atoms with E-state index in [9.17, 15) is 8.78 Å². The number of nitrogens with two attached hydrogens (primary N) is 1. The maximum Gasteiger partial charge on any atom is 0.252 e. The number of rotatable bonds is 2. The molecular weight excluding hydrogens is 264 g/mol. The van der Waals surface area contributed by atoms with Crippen molar-refractivity contribution in [1.29, 1.82) is 0 Å². The number of nitrogens with zero attached hydrogens (tertiary/aromatic N) is 3. The van der Waals surface area contributed by atoms with Crippen LogP contribution in [-0.4, -0.2) is 26.9 Å². The van der Waals surface area contributed by atoms with E-state index in [0.717, 1.165) is 0 Å². The average Bonchev–Trinajstić information content (AvgIpc) is 2.22. The van der Waals surface area contributed by atoms with Crippen LogP contribution in [0.3, 0.4) is 0 Å². The first-order chi connectivity index (χ1) is 9.13. The second kappa shape index (κ2) is 4.85. The van der Waals surface area contributed by atoms with Crippen molar-refractivity contribution in [2.24, 2.45) is 5.41 Å². The standard InChI is InChI=1S/C13H17F2N5/c1-12(2,3)5-4-9-18-10(16)20-11(19-9)17-8-6-13(14,15)7-8/h8H,6-7H2,1-3H3,(H3,16,17,18,19,20). The summed E-state index contributed by atoms with van der Waals surface area (Å²) >= 11 is 0. The molecule has 0 bridgehead atoms. The van der Waals surface area contributed by atoms with Gasteiger partial charge in [0.15, 0.2) is 0 Å². The molecule has 2 rings (SSSR count). The van der Waals surface area contributed by atoms with Crippen LogP contribution in [0.15, 0.2) is 0 Å². The highest BCUT2D eigenvalue weighted by Gasteiger charge is 2.45. The fourth-order valence-electron chi connectivity index (χ4n) is 1.70. The van der Waals surface area contributed by atoms with E-state index >= 15 is 0 Å². The van der Waals surface area contributed by atoms with Crippen molar-refractivity contribution in [2.75, 3.05) is 11.1 Å². The van der Waals surface area contributed by atoms with Gasteiger partial charge in [-0.05, 0) is 26.7 Å². The molecule has 0 saturated heterocycles.